The lowest BCUT2D eigenvalue weighted by Crippen LogP contribution is -2.29. The maximum Gasteiger partial charge on any atom is 0.407 e. The summed E-state index contributed by atoms with van der Waals surface area (Å²) in [6.07, 6.45) is 5.03. The molecule has 0 aliphatic heterocycles. The first-order valence-corrected chi connectivity index (χ1v) is 11.5. The monoisotopic (exact) mass is 500 g/mol. The maximum atomic E-state index is 13.3. The van der Waals surface area contributed by atoms with E-state index < -0.39 is 23.7 Å². The molecule has 1 fully saturated rings. The number of aliphatic carboxylic acids is 1. The Balaban J connectivity index is 1.34. The fourth-order valence-corrected chi connectivity index (χ4v) is 4.21. The van der Waals surface area contributed by atoms with Crippen LogP contribution in [0.1, 0.15) is 36.9 Å². The molecule has 0 spiro atoms. The third kappa shape index (κ3) is 6.35. The van der Waals surface area contributed by atoms with E-state index in [1.165, 1.54) is 0 Å². The minimum atomic E-state index is -0.791. The lowest BCUT2D eigenvalue weighted by Gasteiger charge is -2.27. The van der Waals surface area contributed by atoms with Crippen LogP contribution in [0.2, 0.25) is 0 Å². The number of amides is 1. The van der Waals surface area contributed by atoms with Crippen LogP contribution in [-0.2, 0) is 29.7 Å². The maximum absolute atomic E-state index is 13.3. The number of carboxylic acid groups (broad SMARTS) is 1. The number of rotatable bonds is 8. The van der Waals surface area contributed by atoms with Crippen LogP contribution >= 0.6 is 0 Å². The van der Waals surface area contributed by atoms with Gasteiger partial charge in [-0.1, -0.05) is 0 Å². The average Bonchev–Trinajstić information content (AvgIpc) is 3.21. The summed E-state index contributed by atoms with van der Waals surface area (Å²) < 4.78 is 39.2. The molecular formula is C25H26F2N4O5. The molecule has 0 radical (unpaired) electrons. The number of carboxylic acids is 1. The lowest BCUT2D eigenvalue weighted by molar-refractivity contribution is -0.143. The molecule has 9 nitrogen and oxygen atoms in total. The third-order valence-electron chi connectivity index (χ3n) is 6.04. The van der Waals surface area contributed by atoms with Crippen LogP contribution in [0, 0.1) is 17.6 Å². The van der Waals surface area contributed by atoms with Gasteiger partial charge in [0, 0.05) is 18.7 Å². The number of aryl methyl sites for hydroxylation is 1. The van der Waals surface area contributed by atoms with Gasteiger partial charge in [0.15, 0.2) is 0 Å². The number of aromatic nitrogens is 3. The van der Waals surface area contributed by atoms with Crippen molar-refractivity contribution in [1.29, 1.82) is 0 Å². The fraction of sp³-hybridized carbons (Fsp3) is 0.360. The second kappa shape index (κ2) is 11.1. The van der Waals surface area contributed by atoms with Gasteiger partial charge in [0.25, 0.3) is 0 Å². The molecule has 2 aromatic heterocycles. The van der Waals surface area contributed by atoms with Crippen LogP contribution in [0.4, 0.5) is 13.6 Å². The molecule has 0 saturated heterocycles. The summed E-state index contributed by atoms with van der Waals surface area (Å²) in [6.45, 7) is -0.198. The molecule has 1 amide bonds. The summed E-state index contributed by atoms with van der Waals surface area (Å²) >= 11 is 0. The van der Waals surface area contributed by atoms with Gasteiger partial charge in [-0.15, -0.1) is 0 Å². The second-order valence-corrected chi connectivity index (χ2v) is 8.66. The zero-order valence-electron chi connectivity index (χ0n) is 19.6. The number of hydrogen-bond donors (Lipinski definition) is 2. The highest BCUT2D eigenvalue weighted by atomic mass is 19.1. The molecule has 2 atom stereocenters. The van der Waals surface area contributed by atoms with Gasteiger partial charge in [-0.05, 0) is 55.5 Å². The SMILES string of the molecule is Cn1ncc(-c2ccc(O[C@H]3CCCC(C(=O)O)C3)cn2)c1CNC(=O)OCc1cc(F)cc(F)c1. The highest BCUT2D eigenvalue weighted by Gasteiger charge is 2.28. The predicted octanol–water partition coefficient (Wildman–Crippen LogP) is 4.21. The van der Waals surface area contributed by atoms with Gasteiger partial charge in [-0.25, -0.2) is 13.6 Å². The number of nitrogens with one attached hydrogen (secondary N) is 1. The summed E-state index contributed by atoms with van der Waals surface area (Å²) in [5.74, 6) is -2.12. The molecule has 1 aromatic carbocycles. The van der Waals surface area contributed by atoms with E-state index in [0.717, 1.165) is 31.0 Å². The van der Waals surface area contributed by atoms with Crippen LogP contribution in [0.25, 0.3) is 11.3 Å². The molecule has 1 aliphatic carbocycles. The minimum Gasteiger partial charge on any atom is -0.489 e. The Morgan fingerprint density at radius 1 is 1.17 bits per heavy atom. The molecule has 1 saturated carbocycles. The van der Waals surface area contributed by atoms with E-state index >= 15 is 0 Å². The van der Waals surface area contributed by atoms with Crippen molar-refractivity contribution in [3.05, 3.63) is 65.6 Å². The fourth-order valence-electron chi connectivity index (χ4n) is 4.21. The Hall–Kier alpha value is -4.02. The van der Waals surface area contributed by atoms with Gasteiger partial charge >= 0.3 is 12.1 Å². The normalized spacial score (nSPS) is 17.4. The standard InChI is InChI=1S/C25H26F2N4O5/c1-31-23(13-29-25(34)35-14-15-7-17(26)10-18(27)8-15)21(12-30-31)22-6-5-20(11-28-22)36-19-4-2-3-16(9-19)24(32)33/h5-8,10-12,16,19H,2-4,9,13-14H2,1H3,(H,29,34)(H,32,33)/t16?,19-/m0/s1. The molecule has 190 valence electrons. The highest BCUT2D eigenvalue weighted by Crippen LogP contribution is 2.29. The Kier molecular flexibility index (Phi) is 7.77. The first-order valence-electron chi connectivity index (χ1n) is 11.5. The zero-order chi connectivity index (χ0) is 25.7. The van der Waals surface area contributed by atoms with E-state index in [1.807, 2.05) is 0 Å². The number of halogens is 2. The van der Waals surface area contributed by atoms with Gasteiger partial charge in [-0.2, -0.15) is 5.10 Å². The van der Waals surface area contributed by atoms with Gasteiger partial charge in [-0.3, -0.25) is 14.5 Å². The number of nitrogens with zero attached hydrogens (tertiary/aromatic N) is 3. The smallest absolute Gasteiger partial charge is 0.407 e. The molecule has 0 bridgehead atoms. The third-order valence-corrected chi connectivity index (χ3v) is 6.04. The average molecular weight is 501 g/mol. The Bertz CT molecular complexity index is 1210. The molecule has 1 unspecified atom stereocenters. The number of alkyl carbamates (subject to hydrolysis) is 1. The van der Waals surface area contributed by atoms with E-state index in [2.05, 4.69) is 15.4 Å². The van der Waals surface area contributed by atoms with E-state index in [9.17, 15) is 23.5 Å². The topological polar surface area (TPSA) is 116 Å². The van der Waals surface area contributed by atoms with Crippen molar-refractivity contribution >= 4 is 12.1 Å². The second-order valence-electron chi connectivity index (χ2n) is 8.66. The lowest BCUT2D eigenvalue weighted by atomic mass is 9.87. The number of carbonyl (C=O) groups excluding carboxylic acids is 1. The van der Waals surface area contributed by atoms with Crippen molar-refractivity contribution < 1.29 is 33.0 Å². The van der Waals surface area contributed by atoms with Crippen LogP contribution in [-0.4, -0.2) is 38.0 Å². The van der Waals surface area contributed by atoms with E-state index in [-0.39, 0.29) is 30.7 Å². The Morgan fingerprint density at radius 3 is 2.64 bits per heavy atom. The molecule has 4 rings (SSSR count). The summed E-state index contributed by atoms with van der Waals surface area (Å²) in [6, 6.07) is 6.46. The Morgan fingerprint density at radius 2 is 1.94 bits per heavy atom. The van der Waals surface area contributed by atoms with Crippen molar-refractivity contribution in [2.24, 2.45) is 13.0 Å². The largest absolute Gasteiger partial charge is 0.489 e. The van der Waals surface area contributed by atoms with Crippen LogP contribution < -0.4 is 10.1 Å². The molecule has 36 heavy (non-hydrogen) atoms. The van der Waals surface area contributed by atoms with Crippen LogP contribution in [0.15, 0.2) is 42.7 Å². The van der Waals surface area contributed by atoms with E-state index in [0.29, 0.717) is 35.5 Å². The molecule has 11 heteroatoms. The van der Waals surface area contributed by atoms with Gasteiger partial charge in [0.1, 0.15) is 24.0 Å². The molecule has 2 heterocycles. The number of pyridine rings is 1. The zero-order valence-corrected chi connectivity index (χ0v) is 19.6. The summed E-state index contributed by atoms with van der Waals surface area (Å²) in [7, 11) is 1.72. The number of hydrogen-bond acceptors (Lipinski definition) is 6. The molecular weight excluding hydrogens is 474 g/mol. The van der Waals surface area contributed by atoms with Gasteiger partial charge in [0.2, 0.25) is 0 Å². The van der Waals surface area contributed by atoms with Crippen molar-refractivity contribution in [2.45, 2.75) is 44.9 Å². The first kappa shape index (κ1) is 25.1. The van der Waals surface area contributed by atoms with Crippen LogP contribution in [0.3, 0.4) is 0 Å². The summed E-state index contributed by atoms with van der Waals surface area (Å²) in [5, 5.41) is 16.1. The highest BCUT2D eigenvalue weighted by molar-refractivity contribution is 5.70. The number of benzene rings is 1. The summed E-state index contributed by atoms with van der Waals surface area (Å²) in [5.41, 5.74) is 2.17. The molecule has 2 N–H and O–H groups in total. The molecule has 1 aliphatic rings. The van der Waals surface area contributed by atoms with E-state index in [4.69, 9.17) is 9.47 Å². The van der Waals surface area contributed by atoms with Gasteiger partial charge < -0.3 is 19.9 Å². The quantitative estimate of drug-likeness (QED) is 0.476. The summed E-state index contributed by atoms with van der Waals surface area (Å²) in [4.78, 5) is 27.8. The first-order chi connectivity index (χ1) is 17.3. The Labute approximate surface area is 206 Å². The van der Waals surface area contributed by atoms with Gasteiger partial charge in [0.05, 0.1) is 42.3 Å². The van der Waals surface area contributed by atoms with Crippen molar-refractivity contribution in [3.8, 4) is 17.0 Å². The van der Waals surface area contributed by atoms with E-state index in [1.54, 1.807) is 36.3 Å². The van der Waals surface area contributed by atoms with Crippen molar-refractivity contribution in [1.82, 2.24) is 20.1 Å². The number of ether oxygens (including phenoxy) is 2. The van der Waals surface area contributed by atoms with Crippen molar-refractivity contribution in [3.63, 3.8) is 0 Å². The molecule has 3 aromatic rings. The number of carbonyl (C=O) groups is 2. The van der Waals surface area contributed by atoms with Crippen molar-refractivity contribution in [2.75, 3.05) is 0 Å². The minimum absolute atomic E-state index is 0.0841. The predicted molar refractivity (Wildman–Crippen MR) is 124 cm³/mol. The van der Waals surface area contributed by atoms with Crippen LogP contribution in [0.5, 0.6) is 5.75 Å².